The molecule has 0 unspecified atom stereocenters. The Labute approximate surface area is 126 Å². The van der Waals surface area contributed by atoms with Crippen LogP contribution in [0.2, 0.25) is 0 Å². The third-order valence-electron chi connectivity index (χ3n) is 3.72. The third kappa shape index (κ3) is 5.73. The van der Waals surface area contributed by atoms with Gasteiger partial charge in [-0.1, -0.05) is 12.1 Å². The molecule has 0 bridgehead atoms. The van der Waals surface area contributed by atoms with Crippen LogP contribution < -0.4 is 10.6 Å². The van der Waals surface area contributed by atoms with Crippen molar-refractivity contribution in [3.8, 4) is 0 Å². The van der Waals surface area contributed by atoms with E-state index in [2.05, 4.69) is 21.6 Å². The average molecular weight is 291 g/mol. The summed E-state index contributed by atoms with van der Waals surface area (Å²) in [6.45, 7) is 4.09. The van der Waals surface area contributed by atoms with Crippen molar-refractivity contribution in [2.45, 2.75) is 25.7 Å². The van der Waals surface area contributed by atoms with Gasteiger partial charge >= 0.3 is 6.03 Å². The summed E-state index contributed by atoms with van der Waals surface area (Å²) >= 11 is 0. The van der Waals surface area contributed by atoms with Crippen molar-refractivity contribution in [2.24, 2.45) is 0 Å². The highest BCUT2D eigenvalue weighted by Crippen LogP contribution is 2.13. The Bertz CT molecular complexity index is 445. The number of carbonyl (C=O) groups is 1. The lowest BCUT2D eigenvalue weighted by molar-refractivity contribution is 0.249. The first-order chi connectivity index (χ1) is 10.3. The highest BCUT2D eigenvalue weighted by Gasteiger charge is 2.11. The molecule has 5 nitrogen and oxygen atoms in total. The second-order valence-electron chi connectivity index (χ2n) is 5.46. The number of rotatable bonds is 7. The summed E-state index contributed by atoms with van der Waals surface area (Å²) in [6.07, 6.45) is 4.22. The van der Waals surface area contributed by atoms with E-state index in [-0.39, 0.29) is 12.6 Å². The fourth-order valence-corrected chi connectivity index (χ4v) is 2.55. The molecule has 1 aliphatic heterocycles. The van der Waals surface area contributed by atoms with E-state index in [1.807, 2.05) is 18.2 Å². The molecule has 1 aromatic carbocycles. The minimum atomic E-state index is -0.222. The van der Waals surface area contributed by atoms with Gasteiger partial charge in [-0.2, -0.15) is 0 Å². The number of aliphatic hydroxyl groups excluding tert-OH is 1. The van der Waals surface area contributed by atoms with Gasteiger partial charge in [-0.15, -0.1) is 0 Å². The zero-order valence-electron chi connectivity index (χ0n) is 12.5. The smallest absolute Gasteiger partial charge is 0.319 e. The zero-order chi connectivity index (χ0) is 14.9. The van der Waals surface area contributed by atoms with E-state index in [0.29, 0.717) is 13.0 Å². The molecule has 1 heterocycles. The van der Waals surface area contributed by atoms with Crippen molar-refractivity contribution >= 4 is 11.7 Å². The van der Waals surface area contributed by atoms with Crippen LogP contribution in [0.15, 0.2) is 24.3 Å². The molecule has 0 radical (unpaired) electrons. The number of aliphatic hydroxyl groups is 1. The maximum Gasteiger partial charge on any atom is 0.319 e. The highest BCUT2D eigenvalue weighted by atomic mass is 16.3. The quantitative estimate of drug-likeness (QED) is 0.672. The summed E-state index contributed by atoms with van der Waals surface area (Å²) in [6, 6.07) is 7.78. The number of nitrogens with one attached hydrogen (secondary N) is 2. The van der Waals surface area contributed by atoms with Crippen LogP contribution in [-0.2, 0) is 6.42 Å². The fraction of sp³-hybridized carbons (Fsp3) is 0.562. The van der Waals surface area contributed by atoms with E-state index < -0.39 is 0 Å². The average Bonchev–Trinajstić information content (AvgIpc) is 2.99. The first kappa shape index (κ1) is 15.8. The summed E-state index contributed by atoms with van der Waals surface area (Å²) in [7, 11) is 0. The number of hydrogen-bond acceptors (Lipinski definition) is 3. The minimum Gasteiger partial charge on any atom is -0.396 e. The van der Waals surface area contributed by atoms with Crippen molar-refractivity contribution in [3.05, 3.63) is 29.8 Å². The predicted octanol–water partition coefficient (Wildman–Crippen LogP) is 1.83. The van der Waals surface area contributed by atoms with E-state index in [4.69, 9.17) is 5.11 Å². The number of hydrogen-bond donors (Lipinski definition) is 3. The molecule has 1 aromatic rings. The molecular formula is C16H25N3O2. The van der Waals surface area contributed by atoms with Gasteiger partial charge in [0.25, 0.3) is 0 Å². The second-order valence-corrected chi connectivity index (χ2v) is 5.46. The van der Waals surface area contributed by atoms with Crippen LogP contribution in [0.3, 0.4) is 0 Å². The Kier molecular flexibility index (Phi) is 6.50. The van der Waals surface area contributed by atoms with Gasteiger partial charge < -0.3 is 20.6 Å². The first-order valence-corrected chi connectivity index (χ1v) is 7.75. The minimum absolute atomic E-state index is 0.0895. The molecule has 1 aliphatic rings. The fourth-order valence-electron chi connectivity index (χ4n) is 2.55. The van der Waals surface area contributed by atoms with E-state index in [1.54, 1.807) is 0 Å². The lowest BCUT2D eigenvalue weighted by Gasteiger charge is -2.14. The van der Waals surface area contributed by atoms with E-state index in [0.717, 1.165) is 18.7 Å². The van der Waals surface area contributed by atoms with Crippen LogP contribution >= 0.6 is 0 Å². The summed E-state index contributed by atoms with van der Waals surface area (Å²) in [5.41, 5.74) is 2.06. The van der Waals surface area contributed by atoms with Gasteiger partial charge in [-0.3, -0.25) is 0 Å². The van der Waals surface area contributed by atoms with E-state index in [1.165, 1.54) is 31.5 Å². The number of nitrogens with zero attached hydrogens (tertiary/aromatic N) is 1. The number of carbonyl (C=O) groups excluding carboxylic acids is 1. The van der Waals surface area contributed by atoms with Gasteiger partial charge in [-0.25, -0.2) is 4.79 Å². The number of anilines is 1. The van der Waals surface area contributed by atoms with Crippen molar-refractivity contribution in [2.75, 3.05) is 38.1 Å². The van der Waals surface area contributed by atoms with Crippen LogP contribution in [0, 0.1) is 0 Å². The third-order valence-corrected chi connectivity index (χ3v) is 3.72. The second kappa shape index (κ2) is 8.64. The summed E-state index contributed by atoms with van der Waals surface area (Å²) < 4.78 is 0. The van der Waals surface area contributed by atoms with E-state index in [9.17, 15) is 4.79 Å². The Balaban J connectivity index is 1.78. The number of amides is 2. The van der Waals surface area contributed by atoms with Gasteiger partial charge in [0.15, 0.2) is 0 Å². The molecular weight excluding hydrogens is 266 g/mol. The lowest BCUT2D eigenvalue weighted by atomic mass is 10.1. The number of likely N-dealkylation sites (tertiary alicyclic amines) is 1. The van der Waals surface area contributed by atoms with Gasteiger partial charge in [-0.05, 0) is 56.5 Å². The molecule has 116 valence electrons. The topological polar surface area (TPSA) is 64.6 Å². The molecule has 1 fully saturated rings. The largest absolute Gasteiger partial charge is 0.396 e. The lowest BCUT2D eigenvalue weighted by Crippen LogP contribution is -2.30. The Morgan fingerprint density at radius 1 is 1.29 bits per heavy atom. The Hall–Kier alpha value is -1.59. The van der Waals surface area contributed by atoms with Crippen molar-refractivity contribution in [1.29, 1.82) is 0 Å². The van der Waals surface area contributed by atoms with Gasteiger partial charge in [0.1, 0.15) is 0 Å². The van der Waals surface area contributed by atoms with Gasteiger partial charge in [0, 0.05) is 25.4 Å². The Morgan fingerprint density at radius 2 is 2.10 bits per heavy atom. The molecule has 3 N–H and O–H groups in total. The summed E-state index contributed by atoms with van der Waals surface area (Å²) in [5.74, 6) is 0. The monoisotopic (exact) mass is 291 g/mol. The SMILES string of the molecule is O=C(NCCCO)Nc1cccc(CCN2CCCC2)c1. The molecule has 2 amide bonds. The molecule has 2 rings (SSSR count). The summed E-state index contributed by atoms with van der Waals surface area (Å²) in [4.78, 5) is 14.1. The number of benzene rings is 1. The van der Waals surface area contributed by atoms with Gasteiger partial charge in [0.05, 0.1) is 0 Å². The number of urea groups is 1. The molecule has 0 atom stereocenters. The van der Waals surface area contributed by atoms with Crippen LogP contribution in [0.25, 0.3) is 0 Å². The van der Waals surface area contributed by atoms with Crippen LogP contribution in [0.4, 0.5) is 10.5 Å². The normalized spacial score (nSPS) is 15.1. The molecule has 1 saturated heterocycles. The maximum atomic E-state index is 11.7. The molecule has 0 saturated carbocycles. The van der Waals surface area contributed by atoms with Crippen LogP contribution in [0.1, 0.15) is 24.8 Å². The first-order valence-electron chi connectivity index (χ1n) is 7.75. The van der Waals surface area contributed by atoms with Crippen LogP contribution in [-0.4, -0.2) is 48.8 Å². The van der Waals surface area contributed by atoms with Crippen molar-refractivity contribution in [1.82, 2.24) is 10.2 Å². The Morgan fingerprint density at radius 3 is 2.86 bits per heavy atom. The zero-order valence-corrected chi connectivity index (χ0v) is 12.5. The molecule has 0 aliphatic carbocycles. The maximum absolute atomic E-state index is 11.7. The molecule has 0 aromatic heterocycles. The molecule has 0 spiro atoms. The molecule has 21 heavy (non-hydrogen) atoms. The highest BCUT2D eigenvalue weighted by molar-refractivity contribution is 5.89. The van der Waals surface area contributed by atoms with Crippen LogP contribution in [0.5, 0.6) is 0 Å². The van der Waals surface area contributed by atoms with E-state index >= 15 is 0 Å². The standard InChI is InChI=1S/C16H25N3O2/c20-12-4-8-17-16(21)18-15-6-3-5-14(13-15)7-11-19-9-1-2-10-19/h3,5-6,13,20H,1-2,4,7-12H2,(H2,17,18,21). The van der Waals surface area contributed by atoms with Crippen molar-refractivity contribution in [3.63, 3.8) is 0 Å². The van der Waals surface area contributed by atoms with Crippen molar-refractivity contribution < 1.29 is 9.90 Å². The predicted molar refractivity (Wildman–Crippen MR) is 84.5 cm³/mol. The molecule has 5 heteroatoms. The van der Waals surface area contributed by atoms with Gasteiger partial charge in [0.2, 0.25) is 0 Å². The summed E-state index contributed by atoms with van der Waals surface area (Å²) in [5, 5.41) is 14.2.